The summed E-state index contributed by atoms with van der Waals surface area (Å²) in [6, 6.07) is 0. The minimum atomic E-state index is -0.609. The number of carbonyl (C=O) groups excluding carboxylic acids is 3. The Kier molecular flexibility index (Phi) is 23.4. The third-order valence-corrected chi connectivity index (χ3v) is 6.04. The second-order valence-electron chi connectivity index (χ2n) is 12.5. The zero-order valence-electron chi connectivity index (χ0n) is 27.4. The van der Waals surface area contributed by atoms with E-state index in [0.717, 1.165) is 13.0 Å². The van der Waals surface area contributed by atoms with E-state index < -0.39 is 18.2 Å². The molecule has 0 aromatic carbocycles. The molecule has 0 heterocycles. The highest BCUT2D eigenvalue weighted by atomic mass is 16.6. The summed E-state index contributed by atoms with van der Waals surface area (Å²) in [7, 11) is 0. The Morgan fingerprint density at radius 1 is 0.619 bits per heavy atom. The first-order chi connectivity index (χ1) is 19.8. The number of nitrogens with one attached hydrogen (secondary N) is 1. The van der Waals surface area contributed by atoms with E-state index in [-0.39, 0.29) is 44.4 Å². The molecule has 1 unspecified atom stereocenters. The summed E-state index contributed by atoms with van der Waals surface area (Å²) < 4.78 is 37.2. The maximum atomic E-state index is 11.8. The molecule has 0 rings (SSSR count). The molecule has 0 aliphatic rings. The summed E-state index contributed by atoms with van der Waals surface area (Å²) in [6.45, 7) is 17.8. The number of ether oxygens (including phenoxy) is 7. The number of esters is 2. The van der Waals surface area contributed by atoms with Gasteiger partial charge in [-0.3, -0.25) is 9.59 Å². The Hall–Kier alpha value is -1.95. The fraction of sp³-hybridized carbons (Fsp3) is 0.903. The van der Waals surface area contributed by atoms with E-state index in [1.807, 2.05) is 20.8 Å². The molecule has 248 valence electrons. The molecule has 0 saturated carbocycles. The fourth-order valence-electron chi connectivity index (χ4n) is 3.61. The van der Waals surface area contributed by atoms with Crippen LogP contribution in [0.5, 0.6) is 0 Å². The lowest BCUT2D eigenvalue weighted by Gasteiger charge is -2.29. The lowest BCUT2D eigenvalue weighted by atomic mass is 9.89. The van der Waals surface area contributed by atoms with Crippen molar-refractivity contribution in [2.24, 2.45) is 10.8 Å². The molecule has 11 nitrogen and oxygen atoms in total. The summed E-state index contributed by atoms with van der Waals surface area (Å²) >= 11 is 0. The van der Waals surface area contributed by atoms with Crippen molar-refractivity contribution in [1.29, 1.82) is 0 Å². The van der Waals surface area contributed by atoms with Gasteiger partial charge in [-0.05, 0) is 24.7 Å². The number of alkyl carbamates (subject to hydrolysis) is 1. The van der Waals surface area contributed by atoms with E-state index in [1.54, 1.807) is 0 Å². The molecule has 42 heavy (non-hydrogen) atoms. The molecule has 1 atom stereocenters. The predicted molar refractivity (Wildman–Crippen MR) is 160 cm³/mol. The molecule has 1 N–H and O–H groups in total. The SMILES string of the molecule is CC(=O)OC(CNC(=O)OCCOCCOCCOC(=O)CCCOCCOCCCCCCC(C)(C)C)C(C)(C)C. The first-order valence-electron chi connectivity index (χ1n) is 15.4. The third kappa shape index (κ3) is 28.2. The number of amides is 1. The van der Waals surface area contributed by atoms with Gasteiger partial charge in [0, 0.05) is 32.0 Å². The largest absolute Gasteiger partial charge is 0.463 e. The second-order valence-corrected chi connectivity index (χ2v) is 12.5. The molecule has 0 aromatic rings. The lowest BCUT2D eigenvalue weighted by Crippen LogP contribution is -2.42. The average Bonchev–Trinajstić information content (AvgIpc) is 2.88. The molecule has 0 aliphatic carbocycles. The van der Waals surface area contributed by atoms with Gasteiger partial charge < -0.3 is 38.5 Å². The Morgan fingerprint density at radius 3 is 1.67 bits per heavy atom. The third-order valence-electron chi connectivity index (χ3n) is 6.04. The number of carbonyl (C=O) groups is 3. The van der Waals surface area contributed by atoms with E-state index in [2.05, 4.69) is 26.1 Å². The highest BCUT2D eigenvalue weighted by Gasteiger charge is 2.28. The maximum absolute atomic E-state index is 11.8. The van der Waals surface area contributed by atoms with Gasteiger partial charge in [0.25, 0.3) is 0 Å². The minimum absolute atomic E-state index is 0.0754. The molecule has 0 saturated heterocycles. The summed E-state index contributed by atoms with van der Waals surface area (Å²) in [4.78, 5) is 34.8. The fourth-order valence-corrected chi connectivity index (χ4v) is 3.61. The van der Waals surface area contributed by atoms with Gasteiger partial charge in [-0.1, -0.05) is 60.8 Å². The second kappa shape index (κ2) is 24.5. The number of hydrogen-bond acceptors (Lipinski definition) is 10. The van der Waals surface area contributed by atoms with Crippen LogP contribution in [0.15, 0.2) is 0 Å². The van der Waals surface area contributed by atoms with E-state index >= 15 is 0 Å². The summed E-state index contributed by atoms with van der Waals surface area (Å²) in [6.07, 6.45) is 5.92. The van der Waals surface area contributed by atoms with Crippen molar-refractivity contribution in [2.75, 3.05) is 72.6 Å². The quantitative estimate of drug-likeness (QED) is 0.0855. The molecule has 0 aliphatic heterocycles. The van der Waals surface area contributed by atoms with Crippen LogP contribution >= 0.6 is 0 Å². The molecular formula is C31H59NO10. The standard InChI is InChI=1S/C31H59NO10/c1-26(33)42-27(31(5,6)7)25-32-29(35)41-24-22-39-20-19-38-21-23-40-28(34)13-12-16-37-18-17-36-15-11-9-8-10-14-30(2,3)4/h27H,8-25H2,1-7H3,(H,32,35). The van der Waals surface area contributed by atoms with Gasteiger partial charge in [0.2, 0.25) is 0 Å². The molecule has 1 amide bonds. The topological polar surface area (TPSA) is 128 Å². The Bertz CT molecular complexity index is 703. The Morgan fingerprint density at radius 2 is 1.12 bits per heavy atom. The van der Waals surface area contributed by atoms with Crippen molar-refractivity contribution >= 4 is 18.0 Å². The maximum Gasteiger partial charge on any atom is 0.407 e. The lowest BCUT2D eigenvalue weighted by molar-refractivity contribution is -0.151. The monoisotopic (exact) mass is 605 g/mol. The predicted octanol–water partition coefficient (Wildman–Crippen LogP) is 5.08. The van der Waals surface area contributed by atoms with Gasteiger partial charge in [-0.2, -0.15) is 0 Å². The van der Waals surface area contributed by atoms with E-state index in [9.17, 15) is 14.4 Å². The summed E-state index contributed by atoms with van der Waals surface area (Å²) in [5, 5.41) is 2.59. The van der Waals surface area contributed by atoms with Crippen LogP contribution in [0, 0.1) is 10.8 Å². The van der Waals surface area contributed by atoms with Crippen molar-refractivity contribution in [3.05, 3.63) is 0 Å². The smallest absolute Gasteiger partial charge is 0.407 e. The van der Waals surface area contributed by atoms with Crippen LogP contribution in [0.4, 0.5) is 4.79 Å². The van der Waals surface area contributed by atoms with E-state index in [0.29, 0.717) is 51.3 Å². The Balaban J connectivity index is 3.45. The van der Waals surface area contributed by atoms with Crippen LogP contribution in [0.2, 0.25) is 0 Å². The number of hydrogen-bond donors (Lipinski definition) is 1. The minimum Gasteiger partial charge on any atom is -0.463 e. The van der Waals surface area contributed by atoms with Crippen molar-refractivity contribution in [2.45, 2.75) is 99.5 Å². The van der Waals surface area contributed by atoms with Crippen LogP contribution in [-0.4, -0.2) is 96.7 Å². The average molecular weight is 606 g/mol. The molecule has 0 bridgehead atoms. The van der Waals surface area contributed by atoms with Gasteiger partial charge in [0.05, 0.1) is 46.2 Å². The highest BCUT2D eigenvalue weighted by Crippen LogP contribution is 2.22. The van der Waals surface area contributed by atoms with Gasteiger partial charge in [0.15, 0.2) is 0 Å². The van der Waals surface area contributed by atoms with Gasteiger partial charge in [-0.15, -0.1) is 0 Å². The molecule has 0 spiro atoms. The van der Waals surface area contributed by atoms with Crippen molar-refractivity contribution in [3.63, 3.8) is 0 Å². The first-order valence-corrected chi connectivity index (χ1v) is 15.4. The van der Waals surface area contributed by atoms with Crippen LogP contribution in [0.25, 0.3) is 0 Å². The van der Waals surface area contributed by atoms with E-state index in [1.165, 1.54) is 32.6 Å². The zero-order chi connectivity index (χ0) is 31.7. The zero-order valence-corrected chi connectivity index (χ0v) is 27.4. The van der Waals surface area contributed by atoms with Crippen LogP contribution in [-0.2, 0) is 42.7 Å². The number of unbranched alkanes of at least 4 members (excludes halogenated alkanes) is 3. The van der Waals surface area contributed by atoms with Crippen molar-refractivity contribution < 1.29 is 47.5 Å². The highest BCUT2D eigenvalue weighted by molar-refractivity contribution is 5.69. The first kappa shape index (κ1) is 40.1. The number of rotatable bonds is 25. The molecule has 0 fully saturated rings. The summed E-state index contributed by atoms with van der Waals surface area (Å²) in [5.74, 6) is -0.682. The Labute approximate surface area is 254 Å². The van der Waals surface area contributed by atoms with Crippen molar-refractivity contribution in [1.82, 2.24) is 5.32 Å². The van der Waals surface area contributed by atoms with Gasteiger partial charge in [0.1, 0.15) is 19.3 Å². The molecule has 0 aromatic heterocycles. The van der Waals surface area contributed by atoms with Crippen molar-refractivity contribution in [3.8, 4) is 0 Å². The van der Waals surface area contributed by atoms with Gasteiger partial charge >= 0.3 is 18.0 Å². The van der Waals surface area contributed by atoms with Crippen LogP contribution < -0.4 is 5.32 Å². The normalized spacial score (nSPS) is 12.5. The molecule has 11 heteroatoms. The summed E-state index contributed by atoms with van der Waals surface area (Å²) in [5.41, 5.74) is 0.0989. The van der Waals surface area contributed by atoms with E-state index in [4.69, 9.17) is 33.2 Å². The molecule has 0 radical (unpaired) electrons. The van der Waals surface area contributed by atoms with Crippen LogP contribution in [0.3, 0.4) is 0 Å². The molecular weight excluding hydrogens is 546 g/mol. The van der Waals surface area contributed by atoms with Gasteiger partial charge in [-0.25, -0.2) is 4.79 Å². The van der Waals surface area contributed by atoms with Crippen LogP contribution in [0.1, 0.15) is 93.4 Å².